The van der Waals surface area contributed by atoms with Gasteiger partial charge in [0.25, 0.3) is 5.91 Å². The number of benzene rings is 1. The highest BCUT2D eigenvalue weighted by atomic mass is 35.5. The fourth-order valence-electron chi connectivity index (χ4n) is 3.73. The molecule has 1 aromatic heterocycles. The second kappa shape index (κ2) is 8.80. The third kappa shape index (κ3) is 4.75. The third-order valence-electron chi connectivity index (χ3n) is 5.24. The van der Waals surface area contributed by atoms with Gasteiger partial charge in [-0.05, 0) is 50.0 Å². The Morgan fingerprint density at radius 2 is 2.07 bits per heavy atom. The van der Waals surface area contributed by atoms with Crippen molar-refractivity contribution in [2.24, 2.45) is 11.7 Å². The summed E-state index contributed by atoms with van der Waals surface area (Å²) in [6.45, 7) is 1.97. The highest BCUT2D eigenvalue weighted by Gasteiger charge is 2.25. The number of aromatic nitrogens is 1. The molecular weight excluding hydrogens is 374 g/mol. The van der Waals surface area contributed by atoms with E-state index in [1.165, 1.54) is 18.1 Å². The molecule has 6 nitrogen and oxygen atoms in total. The molecule has 0 spiro atoms. The Bertz CT molecular complexity index is 897. The SMILES string of the molecule is CN(C)Cc1c[nH]c2cccc(CN(CC3CCC3)C(=O)/C(N)=C/C(=N)Cl)c12. The fraction of sp³-hybridized carbons (Fsp3) is 0.429. The van der Waals surface area contributed by atoms with Crippen molar-refractivity contribution in [3.05, 3.63) is 47.3 Å². The molecule has 0 radical (unpaired) electrons. The molecular formula is C21H28ClN5O. The highest BCUT2D eigenvalue weighted by molar-refractivity contribution is 6.67. The normalized spacial score (nSPS) is 15.1. The first-order valence-corrected chi connectivity index (χ1v) is 9.96. The maximum absolute atomic E-state index is 13.0. The smallest absolute Gasteiger partial charge is 0.270 e. The number of amides is 1. The quantitative estimate of drug-likeness (QED) is 0.467. The Hall–Kier alpha value is -2.31. The van der Waals surface area contributed by atoms with Gasteiger partial charge >= 0.3 is 0 Å². The molecule has 2 aromatic rings. The number of carbonyl (C=O) groups is 1. The topological polar surface area (TPSA) is 89.2 Å². The Kier molecular flexibility index (Phi) is 6.42. The molecule has 1 aliphatic rings. The van der Waals surface area contributed by atoms with Crippen molar-refractivity contribution in [3.8, 4) is 0 Å². The van der Waals surface area contributed by atoms with Crippen molar-refractivity contribution in [1.29, 1.82) is 5.41 Å². The number of hydrogen-bond donors (Lipinski definition) is 3. The van der Waals surface area contributed by atoms with Gasteiger partial charge in [0.1, 0.15) is 10.9 Å². The zero-order valence-electron chi connectivity index (χ0n) is 16.5. The average Bonchev–Trinajstić information content (AvgIpc) is 2.98. The van der Waals surface area contributed by atoms with Crippen LogP contribution in [0.15, 0.2) is 36.2 Å². The molecule has 0 saturated heterocycles. The van der Waals surface area contributed by atoms with Crippen LogP contribution in [0.3, 0.4) is 0 Å². The van der Waals surface area contributed by atoms with E-state index in [1.807, 2.05) is 26.4 Å². The Balaban J connectivity index is 1.92. The van der Waals surface area contributed by atoms with Crippen LogP contribution in [-0.4, -0.2) is 46.5 Å². The number of nitrogens with one attached hydrogen (secondary N) is 2. The van der Waals surface area contributed by atoms with E-state index in [0.29, 0.717) is 19.0 Å². The number of rotatable bonds is 8. The van der Waals surface area contributed by atoms with E-state index >= 15 is 0 Å². The lowest BCUT2D eigenvalue weighted by molar-refractivity contribution is -0.128. The van der Waals surface area contributed by atoms with E-state index in [4.69, 9.17) is 22.7 Å². The predicted octanol–water partition coefficient (Wildman–Crippen LogP) is 3.42. The average molecular weight is 402 g/mol. The Morgan fingerprint density at radius 1 is 1.32 bits per heavy atom. The largest absolute Gasteiger partial charge is 0.394 e. The van der Waals surface area contributed by atoms with Gasteiger partial charge in [-0.25, -0.2) is 0 Å². The summed E-state index contributed by atoms with van der Waals surface area (Å²) in [6.07, 6.45) is 6.74. The van der Waals surface area contributed by atoms with Crippen molar-refractivity contribution in [3.63, 3.8) is 0 Å². The molecule has 28 heavy (non-hydrogen) atoms. The van der Waals surface area contributed by atoms with Crippen LogP contribution >= 0.6 is 11.6 Å². The van der Waals surface area contributed by atoms with Crippen molar-refractivity contribution in [2.75, 3.05) is 20.6 Å². The zero-order valence-corrected chi connectivity index (χ0v) is 17.2. The molecule has 1 saturated carbocycles. The van der Waals surface area contributed by atoms with Crippen LogP contribution in [0, 0.1) is 11.3 Å². The number of nitrogens with two attached hydrogens (primary N) is 1. The molecule has 1 fully saturated rings. The predicted molar refractivity (Wildman–Crippen MR) is 114 cm³/mol. The molecule has 0 bridgehead atoms. The van der Waals surface area contributed by atoms with Gasteiger partial charge in [-0.3, -0.25) is 10.2 Å². The fourth-order valence-corrected chi connectivity index (χ4v) is 3.84. The number of fused-ring (bicyclic) bond motifs is 1. The summed E-state index contributed by atoms with van der Waals surface area (Å²) in [4.78, 5) is 20.2. The third-order valence-corrected chi connectivity index (χ3v) is 5.35. The number of nitrogens with zero attached hydrogens (tertiary/aromatic N) is 2. The lowest BCUT2D eigenvalue weighted by Gasteiger charge is -2.33. The number of H-pyrrole nitrogens is 1. The molecule has 0 unspecified atom stereocenters. The first-order chi connectivity index (χ1) is 13.3. The first kappa shape index (κ1) is 20.4. The Labute approximate surface area is 170 Å². The summed E-state index contributed by atoms with van der Waals surface area (Å²) in [6, 6.07) is 6.13. The number of carbonyl (C=O) groups excluding carboxylic acids is 1. The molecule has 1 aromatic carbocycles. The van der Waals surface area contributed by atoms with Crippen molar-refractivity contribution >= 4 is 33.6 Å². The van der Waals surface area contributed by atoms with Crippen LogP contribution < -0.4 is 5.73 Å². The van der Waals surface area contributed by atoms with E-state index in [0.717, 1.165) is 35.9 Å². The zero-order chi connectivity index (χ0) is 20.3. The number of aromatic amines is 1. The molecule has 150 valence electrons. The molecule has 4 N–H and O–H groups in total. The molecule has 0 atom stereocenters. The van der Waals surface area contributed by atoms with Gasteiger partial charge in [-0.1, -0.05) is 30.2 Å². The molecule has 0 aliphatic heterocycles. The van der Waals surface area contributed by atoms with Gasteiger partial charge in [-0.2, -0.15) is 0 Å². The van der Waals surface area contributed by atoms with Crippen LogP contribution in [-0.2, 0) is 17.9 Å². The van der Waals surface area contributed by atoms with Gasteiger partial charge in [-0.15, -0.1) is 0 Å². The summed E-state index contributed by atoms with van der Waals surface area (Å²) >= 11 is 5.61. The van der Waals surface area contributed by atoms with E-state index in [-0.39, 0.29) is 16.8 Å². The standard InChI is InChI=1S/C21H28ClN5O/c1-26(2)12-16-10-25-18-8-4-7-15(20(16)18)13-27(11-14-5-3-6-14)21(28)17(23)9-19(22)24/h4,7-10,14,24-25H,3,5-6,11-13,23H2,1-2H3/b17-9-,24-19?. The van der Waals surface area contributed by atoms with E-state index < -0.39 is 0 Å². The maximum atomic E-state index is 13.0. The molecule has 7 heteroatoms. The van der Waals surface area contributed by atoms with Gasteiger partial charge in [0.05, 0.1) is 0 Å². The lowest BCUT2D eigenvalue weighted by atomic mass is 9.85. The van der Waals surface area contributed by atoms with Crippen LogP contribution in [0.2, 0.25) is 0 Å². The van der Waals surface area contributed by atoms with Gasteiger partial charge < -0.3 is 20.5 Å². The summed E-state index contributed by atoms with van der Waals surface area (Å²) in [5.74, 6) is 0.248. The molecule has 3 rings (SSSR count). The first-order valence-electron chi connectivity index (χ1n) is 9.58. The van der Waals surface area contributed by atoms with E-state index in [1.54, 1.807) is 4.90 Å². The minimum atomic E-state index is -0.265. The number of halogens is 1. The number of hydrogen-bond acceptors (Lipinski definition) is 4. The van der Waals surface area contributed by atoms with E-state index in [2.05, 4.69) is 22.0 Å². The van der Waals surface area contributed by atoms with Crippen LogP contribution in [0.1, 0.15) is 30.4 Å². The Morgan fingerprint density at radius 3 is 2.68 bits per heavy atom. The van der Waals surface area contributed by atoms with Crippen molar-refractivity contribution in [1.82, 2.24) is 14.8 Å². The van der Waals surface area contributed by atoms with Crippen molar-refractivity contribution < 1.29 is 4.79 Å². The summed E-state index contributed by atoms with van der Waals surface area (Å²) in [5, 5.41) is 8.30. The van der Waals surface area contributed by atoms with E-state index in [9.17, 15) is 4.79 Å². The number of allylic oxidation sites excluding steroid dienone is 1. The minimum absolute atomic E-state index is 0.00841. The maximum Gasteiger partial charge on any atom is 0.270 e. The monoisotopic (exact) mass is 401 g/mol. The second-order valence-electron chi connectivity index (χ2n) is 7.82. The van der Waals surface area contributed by atoms with Gasteiger partial charge in [0.15, 0.2) is 0 Å². The summed E-state index contributed by atoms with van der Waals surface area (Å²) in [7, 11) is 4.08. The molecule has 1 amide bonds. The second-order valence-corrected chi connectivity index (χ2v) is 8.23. The summed E-state index contributed by atoms with van der Waals surface area (Å²) in [5.41, 5.74) is 9.30. The molecule has 1 heterocycles. The van der Waals surface area contributed by atoms with Crippen molar-refractivity contribution in [2.45, 2.75) is 32.4 Å². The highest BCUT2D eigenvalue weighted by Crippen LogP contribution is 2.30. The summed E-state index contributed by atoms with van der Waals surface area (Å²) < 4.78 is 0. The lowest BCUT2D eigenvalue weighted by Crippen LogP contribution is -2.39. The van der Waals surface area contributed by atoms with Crippen LogP contribution in [0.25, 0.3) is 10.9 Å². The van der Waals surface area contributed by atoms with Gasteiger partial charge in [0.2, 0.25) is 0 Å². The van der Waals surface area contributed by atoms with Crippen LogP contribution in [0.4, 0.5) is 0 Å². The van der Waals surface area contributed by atoms with Gasteiger partial charge in [0, 0.05) is 42.8 Å². The minimum Gasteiger partial charge on any atom is -0.394 e. The van der Waals surface area contributed by atoms with Crippen LogP contribution in [0.5, 0.6) is 0 Å². The molecule has 1 aliphatic carbocycles.